The minimum atomic E-state index is 0.476. The van der Waals surface area contributed by atoms with E-state index in [9.17, 15) is 0 Å². The van der Waals surface area contributed by atoms with Crippen LogP contribution in [0.2, 0.25) is 0 Å². The first-order chi connectivity index (χ1) is 9.74. The summed E-state index contributed by atoms with van der Waals surface area (Å²) in [5.41, 5.74) is 2.40. The Labute approximate surface area is 118 Å². The highest BCUT2D eigenvalue weighted by molar-refractivity contribution is 5.98. The summed E-state index contributed by atoms with van der Waals surface area (Å²) in [5, 5.41) is 12.0. The van der Waals surface area contributed by atoms with E-state index in [0.29, 0.717) is 23.8 Å². The quantitative estimate of drug-likeness (QED) is 0.514. The summed E-state index contributed by atoms with van der Waals surface area (Å²) >= 11 is 0. The van der Waals surface area contributed by atoms with Crippen LogP contribution >= 0.6 is 0 Å². The van der Waals surface area contributed by atoms with Crippen molar-refractivity contribution in [1.29, 1.82) is 0 Å². The molecule has 0 aliphatic carbocycles. The van der Waals surface area contributed by atoms with E-state index in [1.165, 1.54) is 0 Å². The Morgan fingerprint density at radius 3 is 2.50 bits per heavy atom. The third-order valence-corrected chi connectivity index (χ3v) is 2.97. The van der Waals surface area contributed by atoms with Crippen molar-refractivity contribution in [1.82, 2.24) is 0 Å². The Bertz CT molecular complexity index is 594. The lowest BCUT2D eigenvalue weighted by molar-refractivity contribution is 0.284. The smallest absolute Gasteiger partial charge is 0.161 e. The van der Waals surface area contributed by atoms with Gasteiger partial charge in [-0.1, -0.05) is 35.5 Å². The van der Waals surface area contributed by atoms with Crippen LogP contribution in [-0.2, 0) is 6.61 Å². The summed E-state index contributed by atoms with van der Waals surface area (Å²) in [6.07, 6.45) is 0. The zero-order chi connectivity index (χ0) is 14.4. The number of oxime groups is 1. The molecule has 2 rings (SSSR count). The van der Waals surface area contributed by atoms with Gasteiger partial charge in [-0.25, -0.2) is 0 Å². The standard InChI is InChI=1S/C16H17NO3/c1-12(17-18)14-8-9-15(16(10-14)19-2)20-11-13-6-4-3-5-7-13/h3-10,18H,11H2,1-2H3/b17-12+. The summed E-state index contributed by atoms with van der Waals surface area (Å²) in [7, 11) is 1.58. The molecule has 4 heteroatoms. The largest absolute Gasteiger partial charge is 0.493 e. The second kappa shape index (κ2) is 6.61. The van der Waals surface area contributed by atoms with Gasteiger partial charge in [0.25, 0.3) is 0 Å². The van der Waals surface area contributed by atoms with E-state index in [2.05, 4.69) is 5.16 Å². The van der Waals surface area contributed by atoms with Gasteiger partial charge < -0.3 is 14.7 Å². The lowest BCUT2D eigenvalue weighted by Crippen LogP contribution is -2.00. The highest BCUT2D eigenvalue weighted by Crippen LogP contribution is 2.29. The Morgan fingerprint density at radius 1 is 1.10 bits per heavy atom. The zero-order valence-corrected chi connectivity index (χ0v) is 11.5. The van der Waals surface area contributed by atoms with Crippen molar-refractivity contribution < 1.29 is 14.7 Å². The molecule has 2 aromatic rings. The van der Waals surface area contributed by atoms with Gasteiger partial charge in [-0.3, -0.25) is 0 Å². The normalized spacial score (nSPS) is 11.2. The van der Waals surface area contributed by atoms with Crippen LogP contribution in [0.15, 0.2) is 53.7 Å². The number of hydrogen-bond donors (Lipinski definition) is 1. The van der Waals surface area contributed by atoms with Gasteiger partial charge in [0.2, 0.25) is 0 Å². The van der Waals surface area contributed by atoms with Gasteiger partial charge in [0.1, 0.15) is 6.61 Å². The van der Waals surface area contributed by atoms with Gasteiger partial charge in [0, 0.05) is 5.56 Å². The molecule has 20 heavy (non-hydrogen) atoms. The molecule has 0 amide bonds. The van der Waals surface area contributed by atoms with Crippen molar-refractivity contribution in [2.45, 2.75) is 13.5 Å². The minimum Gasteiger partial charge on any atom is -0.493 e. The summed E-state index contributed by atoms with van der Waals surface area (Å²) in [6.45, 7) is 2.20. The van der Waals surface area contributed by atoms with Crippen LogP contribution in [0.25, 0.3) is 0 Å². The van der Waals surface area contributed by atoms with Gasteiger partial charge in [-0.15, -0.1) is 0 Å². The SMILES string of the molecule is COc1cc(/C(C)=N/O)ccc1OCc1ccccc1. The molecule has 0 aliphatic heterocycles. The molecule has 0 bridgehead atoms. The lowest BCUT2D eigenvalue weighted by Gasteiger charge is -2.12. The Balaban J connectivity index is 2.16. The van der Waals surface area contributed by atoms with Gasteiger partial charge >= 0.3 is 0 Å². The molecule has 4 nitrogen and oxygen atoms in total. The van der Waals surface area contributed by atoms with Crippen LogP contribution in [0.4, 0.5) is 0 Å². The molecule has 0 spiro atoms. The maximum Gasteiger partial charge on any atom is 0.161 e. The number of benzene rings is 2. The maximum atomic E-state index is 8.79. The topological polar surface area (TPSA) is 51.0 Å². The molecule has 0 atom stereocenters. The predicted molar refractivity (Wildman–Crippen MR) is 77.8 cm³/mol. The van der Waals surface area contributed by atoms with E-state index in [1.54, 1.807) is 20.1 Å². The molecule has 0 aromatic heterocycles. The monoisotopic (exact) mass is 271 g/mol. The van der Waals surface area contributed by atoms with Crippen LogP contribution in [0.1, 0.15) is 18.1 Å². The predicted octanol–water partition coefficient (Wildman–Crippen LogP) is 3.47. The third-order valence-electron chi connectivity index (χ3n) is 2.97. The molecule has 2 aromatic carbocycles. The first kappa shape index (κ1) is 13.9. The van der Waals surface area contributed by atoms with E-state index in [4.69, 9.17) is 14.7 Å². The van der Waals surface area contributed by atoms with Crippen molar-refractivity contribution in [3.05, 3.63) is 59.7 Å². The molecule has 0 radical (unpaired) electrons. The second-order valence-corrected chi connectivity index (χ2v) is 4.33. The molecule has 0 saturated heterocycles. The van der Waals surface area contributed by atoms with Crippen LogP contribution < -0.4 is 9.47 Å². The van der Waals surface area contributed by atoms with Crippen molar-refractivity contribution in [2.24, 2.45) is 5.16 Å². The fourth-order valence-electron chi connectivity index (χ4n) is 1.80. The van der Waals surface area contributed by atoms with Gasteiger partial charge in [-0.05, 0) is 30.7 Å². The number of ether oxygens (including phenoxy) is 2. The molecule has 1 N–H and O–H groups in total. The van der Waals surface area contributed by atoms with Gasteiger partial charge in [0.05, 0.1) is 12.8 Å². The summed E-state index contributed by atoms with van der Waals surface area (Å²) in [5.74, 6) is 1.27. The molecule has 0 aliphatic rings. The van der Waals surface area contributed by atoms with E-state index >= 15 is 0 Å². The fraction of sp³-hybridized carbons (Fsp3) is 0.188. The molecule has 0 heterocycles. The number of methoxy groups -OCH3 is 1. The van der Waals surface area contributed by atoms with E-state index in [-0.39, 0.29) is 0 Å². The average molecular weight is 271 g/mol. The molecule has 0 fully saturated rings. The molecule has 0 unspecified atom stereocenters. The number of rotatable bonds is 5. The highest BCUT2D eigenvalue weighted by Gasteiger charge is 2.08. The maximum absolute atomic E-state index is 8.79. The summed E-state index contributed by atoms with van der Waals surface area (Å²) in [4.78, 5) is 0. The summed E-state index contributed by atoms with van der Waals surface area (Å²) in [6, 6.07) is 15.3. The van der Waals surface area contributed by atoms with Crippen LogP contribution in [0, 0.1) is 0 Å². The average Bonchev–Trinajstić information content (AvgIpc) is 2.53. The van der Waals surface area contributed by atoms with E-state index in [1.807, 2.05) is 42.5 Å². The number of nitrogens with zero attached hydrogens (tertiary/aromatic N) is 1. The molecule has 104 valence electrons. The van der Waals surface area contributed by atoms with Crippen molar-refractivity contribution in [2.75, 3.05) is 7.11 Å². The van der Waals surface area contributed by atoms with Crippen molar-refractivity contribution in [3.63, 3.8) is 0 Å². The first-order valence-electron chi connectivity index (χ1n) is 6.28. The van der Waals surface area contributed by atoms with Crippen LogP contribution in [0.3, 0.4) is 0 Å². The molecular formula is C16H17NO3. The first-order valence-corrected chi connectivity index (χ1v) is 6.28. The Hall–Kier alpha value is -2.49. The van der Waals surface area contributed by atoms with Crippen LogP contribution in [0.5, 0.6) is 11.5 Å². The molecule has 0 saturated carbocycles. The van der Waals surface area contributed by atoms with Crippen LogP contribution in [-0.4, -0.2) is 18.0 Å². The van der Waals surface area contributed by atoms with Crippen molar-refractivity contribution >= 4 is 5.71 Å². The van der Waals surface area contributed by atoms with Crippen molar-refractivity contribution in [3.8, 4) is 11.5 Å². The van der Waals surface area contributed by atoms with E-state index in [0.717, 1.165) is 11.1 Å². The minimum absolute atomic E-state index is 0.476. The highest BCUT2D eigenvalue weighted by atomic mass is 16.5. The third kappa shape index (κ3) is 3.29. The lowest BCUT2D eigenvalue weighted by atomic mass is 10.1. The summed E-state index contributed by atoms with van der Waals surface area (Å²) < 4.78 is 11.1. The second-order valence-electron chi connectivity index (χ2n) is 4.33. The zero-order valence-electron chi connectivity index (χ0n) is 11.5. The number of hydrogen-bond acceptors (Lipinski definition) is 4. The Morgan fingerprint density at radius 2 is 1.85 bits per heavy atom. The van der Waals surface area contributed by atoms with E-state index < -0.39 is 0 Å². The van der Waals surface area contributed by atoms with Gasteiger partial charge in [-0.2, -0.15) is 0 Å². The molecular weight excluding hydrogens is 254 g/mol. The Kier molecular flexibility index (Phi) is 4.60. The van der Waals surface area contributed by atoms with Gasteiger partial charge in [0.15, 0.2) is 11.5 Å². The fourth-order valence-corrected chi connectivity index (χ4v) is 1.80.